The highest BCUT2D eigenvalue weighted by Crippen LogP contribution is 2.40. The summed E-state index contributed by atoms with van der Waals surface area (Å²) in [5.74, 6) is -0.480. The zero-order chi connectivity index (χ0) is 27.8. The Hall–Kier alpha value is -3.82. The minimum Gasteiger partial charge on any atom is -0.460 e. The van der Waals surface area contributed by atoms with Crippen molar-refractivity contribution in [2.75, 3.05) is 24.3 Å². The number of rotatable bonds is 7. The van der Waals surface area contributed by atoms with Crippen LogP contribution in [0, 0.1) is 0 Å². The maximum Gasteiger partial charge on any atom is 0.417 e. The number of carbonyl (C=O) groups is 1. The van der Waals surface area contributed by atoms with E-state index in [1.54, 1.807) is 38.9 Å². The molecule has 0 spiro atoms. The van der Waals surface area contributed by atoms with Crippen molar-refractivity contribution < 1.29 is 22.7 Å². The standard InChI is InChI=1S/C28H31F3N4O3/c1-6-22-25(33-24-19-11-9-8-10-17(19)14-23(24)38-16(3)36)27(37)35(7-2)26(32-22)20-13-12-18(34(4)5)15-21(20)28(29,30)31/h8-13,15,23-24,33H,6-7,14H2,1-5H3/t23-,24-/m0/s1. The second-order valence-corrected chi connectivity index (χ2v) is 9.45. The Bertz CT molecular complexity index is 1420. The molecule has 0 aliphatic heterocycles. The molecule has 0 bridgehead atoms. The molecule has 4 rings (SSSR count). The van der Waals surface area contributed by atoms with Crippen LogP contribution in [0.5, 0.6) is 0 Å². The number of benzene rings is 2. The highest BCUT2D eigenvalue weighted by Gasteiger charge is 2.37. The number of hydrogen-bond donors (Lipinski definition) is 1. The van der Waals surface area contributed by atoms with Crippen molar-refractivity contribution in [1.82, 2.24) is 9.55 Å². The summed E-state index contributed by atoms with van der Waals surface area (Å²) in [7, 11) is 3.32. The number of alkyl halides is 3. The molecule has 1 heterocycles. The van der Waals surface area contributed by atoms with Crippen LogP contribution >= 0.6 is 0 Å². The molecule has 202 valence electrons. The van der Waals surface area contributed by atoms with Crippen LogP contribution in [-0.2, 0) is 35.1 Å². The van der Waals surface area contributed by atoms with Crippen molar-refractivity contribution in [2.24, 2.45) is 0 Å². The lowest BCUT2D eigenvalue weighted by Gasteiger charge is -2.25. The second kappa shape index (κ2) is 10.5. The molecule has 1 aliphatic rings. The molecule has 10 heteroatoms. The molecule has 7 nitrogen and oxygen atoms in total. The number of nitrogens with zero attached hydrogens (tertiary/aromatic N) is 3. The molecule has 0 saturated heterocycles. The van der Waals surface area contributed by atoms with E-state index in [9.17, 15) is 22.8 Å². The first-order chi connectivity index (χ1) is 18.0. The van der Waals surface area contributed by atoms with Gasteiger partial charge in [0.2, 0.25) is 0 Å². The summed E-state index contributed by atoms with van der Waals surface area (Å²) < 4.78 is 49.3. The molecular weight excluding hydrogens is 497 g/mol. The number of halogens is 3. The lowest BCUT2D eigenvalue weighted by molar-refractivity contribution is -0.146. The third-order valence-electron chi connectivity index (χ3n) is 6.76. The van der Waals surface area contributed by atoms with Gasteiger partial charge >= 0.3 is 12.1 Å². The summed E-state index contributed by atoms with van der Waals surface area (Å²) in [6, 6.07) is 11.1. The fourth-order valence-electron chi connectivity index (χ4n) is 4.95. The average Bonchev–Trinajstić information content (AvgIpc) is 3.20. The second-order valence-electron chi connectivity index (χ2n) is 9.45. The van der Waals surface area contributed by atoms with E-state index in [4.69, 9.17) is 4.74 Å². The Morgan fingerprint density at radius 3 is 2.50 bits per heavy atom. The highest BCUT2D eigenvalue weighted by atomic mass is 19.4. The summed E-state index contributed by atoms with van der Waals surface area (Å²) in [5, 5.41) is 3.26. The minimum absolute atomic E-state index is 0.0408. The minimum atomic E-state index is -4.65. The molecule has 0 amide bonds. The smallest absolute Gasteiger partial charge is 0.417 e. The number of aromatic nitrogens is 2. The lowest BCUT2D eigenvalue weighted by Crippen LogP contribution is -2.33. The van der Waals surface area contributed by atoms with E-state index in [1.165, 1.54) is 17.6 Å². The van der Waals surface area contributed by atoms with Gasteiger partial charge in [-0.3, -0.25) is 14.2 Å². The number of carbonyl (C=O) groups excluding carboxylic acids is 1. The number of fused-ring (bicyclic) bond motifs is 1. The summed E-state index contributed by atoms with van der Waals surface area (Å²) in [6.45, 7) is 4.92. The number of nitrogens with one attached hydrogen (secondary N) is 1. The first-order valence-electron chi connectivity index (χ1n) is 12.5. The third kappa shape index (κ3) is 5.12. The number of hydrogen-bond acceptors (Lipinski definition) is 6. The number of anilines is 2. The van der Waals surface area contributed by atoms with E-state index in [0.717, 1.165) is 17.2 Å². The first-order valence-corrected chi connectivity index (χ1v) is 12.5. The molecule has 1 aromatic heterocycles. The molecule has 0 fully saturated rings. The van der Waals surface area contributed by atoms with Crippen LogP contribution in [0.2, 0.25) is 0 Å². The Morgan fingerprint density at radius 1 is 1.18 bits per heavy atom. The Morgan fingerprint density at radius 2 is 1.89 bits per heavy atom. The van der Waals surface area contributed by atoms with Gasteiger partial charge in [-0.15, -0.1) is 0 Å². The van der Waals surface area contributed by atoms with E-state index >= 15 is 0 Å². The fourth-order valence-corrected chi connectivity index (χ4v) is 4.95. The molecule has 2 atom stereocenters. The van der Waals surface area contributed by atoms with Gasteiger partial charge in [0.05, 0.1) is 17.3 Å². The average molecular weight is 529 g/mol. The molecule has 0 saturated carbocycles. The molecule has 0 unspecified atom stereocenters. The van der Waals surface area contributed by atoms with Crippen LogP contribution in [0.25, 0.3) is 11.4 Å². The zero-order valence-corrected chi connectivity index (χ0v) is 22.0. The van der Waals surface area contributed by atoms with Gasteiger partial charge in [0.1, 0.15) is 17.6 Å². The molecule has 0 radical (unpaired) electrons. The monoisotopic (exact) mass is 528 g/mol. The van der Waals surface area contributed by atoms with Gasteiger partial charge in [0, 0.05) is 45.2 Å². The molecule has 1 aliphatic carbocycles. The molecule has 38 heavy (non-hydrogen) atoms. The van der Waals surface area contributed by atoms with Crippen LogP contribution in [0.4, 0.5) is 24.5 Å². The van der Waals surface area contributed by atoms with Crippen molar-refractivity contribution >= 4 is 17.3 Å². The Kier molecular flexibility index (Phi) is 7.53. The molecule has 1 N–H and O–H groups in total. The van der Waals surface area contributed by atoms with Gasteiger partial charge in [-0.05, 0) is 42.7 Å². The molecular formula is C28H31F3N4O3. The van der Waals surface area contributed by atoms with E-state index in [0.29, 0.717) is 24.2 Å². The fraction of sp³-hybridized carbons (Fsp3) is 0.393. The number of aryl methyl sites for hydroxylation is 1. The Labute approximate surface area is 219 Å². The van der Waals surface area contributed by atoms with E-state index in [2.05, 4.69) is 10.3 Å². The van der Waals surface area contributed by atoms with Gasteiger partial charge in [-0.25, -0.2) is 4.98 Å². The Balaban J connectivity index is 1.87. The van der Waals surface area contributed by atoms with Crippen molar-refractivity contribution in [2.45, 2.75) is 58.5 Å². The van der Waals surface area contributed by atoms with Crippen LogP contribution in [0.3, 0.4) is 0 Å². The predicted molar refractivity (Wildman–Crippen MR) is 140 cm³/mol. The van der Waals surface area contributed by atoms with Gasteiger partial charge in [0.15, 0.2) is 0 Å². The van der Waals surface area contributed by atoms with Gasteiger partial charge < -0.3 is 15.0 Å². The molecule has 3 aromatic rings. The predicted octanol–water partition coefficient (Wildman–Crippen LogP) is 5.22. The van der Waals surface area contributed by atoms with Gasteiger partial charge in [-0.1, -0.05) is 31.2 Å². The summed E-state index contributed by atoms with van der Waals surface area (Å²) in [4.78, 5) is 31.8. The van der Waals surface area contributed by atoms with E-state index < -0.39 is 35.4 Å². The van der Waals surface area contributed by atoms with E-state index in [1.807, 2.05) is 24.3 Å². The van der Waals surface area contributed by atoms with E-state index in [-0.39, 0.29) is 23.6 Å². The van der Waals surface area contributed by atoms with Crippen molar-refractivity contribution in [3.63, 3.8) is 0 Å². The third-order valence-corrected chi connectivity index (χ3v) is 6.76. The lowest BCUT2D eigenvalue weighted by atomic mass is 10.0. The number of ether oxygens (including phenoxy) is 1. The van der Waals surface area contributed by atoms with Crippen molar-refractivity contribution in [3.8, 4) is 11.4 Å². The summed E-state index contributed by atoms with van der Waals surface area (Å²) >= 11 is 0. The largest absolute Gasteiger partial charge is 0.460 e. The maximum atomic E-state index is 14.1. The summed E-state index contributed by atoms with van der Waals surface area (Å²) in [6.07, 6.45) is -4.40. The van der Waals surface area contributed by atoms with Gasteiger partial charge in [0.25, 0.3) is 5.56 Å². The quantitative estimate of drug-likeness (QED) is 0.424. The highest BCUT2D eigenvalue weighted by molar-refractivity contribution is 5.69. The van der Waals surface area contributed by atoms with Crippen molar-refractivity contribution in [1.29, 1.82) is 0 Å². The topological polar surface area (TPSA) is 76.5 Å². The normalized spacial score (nSPS) is 16.7. The molecule has 2 aromatic carbocycles. The van der Waals surface area contributed by atoms with Crippen molar-refractivity contribution in [3.05, 3.63) is 75.2 Å². The van der Waals surface area contributed by atoms with Crippen LogP contribution < -0.4 is 15.8 Å². The van der Waals surface area contributed by atoms with Crippen LogP contribution in [0.1, 0.15) is 49.2 Å². The van der Waals surface area contributed by atoms with Gasteiger partial charge in [-0.2, -0.15) is 13.2 Å². The number of esters is 1. The summed E-state index contributed by atoms with van der Waals surface area (Å²) in [5.41, 5.74) is 1.30. The first kappa shape index (κ1) is 27.2. The van der Waals surface area contributed by atoms with Crippen LogP contribution in [0.15, 0.2) is 47.3 Å². The zero-order valence-electron chi connectivity index (χ0n) is 22.0. The SMILES string of the molecule is CCc1nc(-c2ccc(N(C)C)cc2C(F)(F)F)n(CC)c(=O)c1N[C@H]1c2ccccc2C[C@@H]1OC(C)=O. The maximum absolute atomic E-state index is 14.1. The van der Waals surface area contributed by atoms with Crippen LogP contribution in [-0.4, -0.2) is 35.7 Å².